The van der Waals surface area contributed by atoms with Crippen LogP contribution in [0.5, 0.6) is 0 Å². The zero-order valence-electron chi connectivity index (χ0n) is 11.2. The van der Waals surface area contributed by atoms with Crippen LogP contribution in [0.25, 0.3) is 22.5 Å². The molecule has 102 valence electrons. The normalized spacial score (nSPS) is 18.9. The molecule has 0 radical (unpaired) electrons. The lowest BCUT2D eigenvalue weighted by atomic mass is 10.1. The van der Waals surface area contributed by atoms with E-state index in [-0.39, 0.29) is 5.92 Å². The smallest absolute Gasteiger partial charge is 0.274 e. The van der Waals surface area contributed by atoms with Gasteiger partial charge in [0.2, 0.25) is 0 Å². The number of ether oxygens (including phenoxy) is 1. The third-order valence-corrected chi connectivity index (χ3v) is 3.92. The van der Waals surface area contributed by atoms with Gasteiger partial charge in [0.05, 0.1) is 6.61 Å². The largest absolute Gasteiger partial charge is 0.381 e. The fraction of sp³-hybridized carbons (Fsp3) is 0.333. The average Bonchev–Trinajstić information content (AvgIpc) is 3.17. The molecule has 1 fully saturated rings. The summed E-state index contributed by atoms with van der Waals surface area (Å²) in [5, 5.41) is 5.29. The van der Waals surface area contributed by atoms with Crippen LogP contribution in [0.1, 0.15) is 23.7 Å². The van der Waals surface area contributed by atoms with Crippen molar-refractivity contribution >= 4 is 10.9 Å². The molecule has 0 aliphatic carbocycles. The number of para-hydroxylation sites is 1. The molecule has 1 atom stereocenters. The second-order valence-corrected chi connectivity index (χ2v) is 5.19. The topological polar surface area (TPSA) is 63.9 Å². The van der Waals surface area contributed by atoms with Gasteiger partial charge >= 0.3 is 0 Å². The maximum absolute atomic E-state index is 5.43. The number of rotatable bonds is 2. The van der Waals surface area contributed by atoms with Crippen LogP contribution in [0, 0.1) is 6.92 Å². The Hall–Kier alpha value is -2.14. The Balaban J connectivity index is 1.77. The molecule has 1 aliphatic heterocycles. The monoisotopic (exact) mass is 269 g/mol. The Morgan fingerprint density at radius 2 is 2.20 bits per heavy atom. The van der Waals surface area contributed by atoms with E-state index in [0.717, 1.165) is 35.6 Å². The van der Waals surface area contributed by atoms with Crippen molar-refractivity contribution in [1.82, 2.24) is 15.1 Å². The van der Waals surface area contributed by atoms with E-state index in [0.29, 0.717) is 12.5 Å². The van der Waals surface area contributed by atoms with Crippen molar-refractivity contribution in [3.63, 3.8) is 0 Å². The van der Waals surface area contributed by atoms with Crippen molar-refractivity contribution < 1.29 is 9.26 Å². The first-order chi connectivity index (χ1) is 9.83. The first-order valence-corrected chi connectivity index (χ1v) is 6.82. The van der Waals surface area contributed by atoms with Gasteiger partial charge in [-0.25, -0.2) is 0 Å². The first-order valence-electron chi connectivity index (χ1n) is 6.82. The van der Waals surface area contributed by atoms with Crippen LogP contribution in [0.15, 0.2) is 28.8 Å². The van der Waals surface area contributed by atoms with Gasteiger partial charge in [0, 0.05) is 23.4 Å². The Labute approximate surface area is 115 Å². The minimum absolute atomic E-state index is 0.261. The Kier molecular flexibility index (Phi) is 2.60. The van der Waals surface area contributed by atoms with Crippen LogP contribution in [-0.4, -0.2) is 28.3 Å². The SMILES string of the molecule is Cc1c(-c2nc([C@H]3CCOC3)no2)[nH]c2ccccc12. The third kappa shape index (κ3) is 1.74. The molecule has 0 saturated carbocycles. The molecule has 5 nitrogen and oxygen atoms in total. The lowest BCUT2D eigenvalue weighted by Crippen LogP contribution is -1.99. The summed E-state index contributed by atoms with van der Waals surface area (Å²) < 4.78 is 10.8. The van der Waals surface area contributed by atoms with E-state index in [4.69, 9.17) is 9.26 Å². The van der Waals surface area contributed by atoms with Crippen LogP contribution in [0.3, 0.4) is 0 Å². The standard InChI is InChI=1S/C15H15N3O2/c1-9-11-4-2-3-5-12(11)16-13(9)15-17-14(18-20-15)10-6-7-19-8-10/h2-5,10,16H,6-8H2,1H3/t10-/m0/s1. The summed E-state index contributed by atoms with van der Waals surface area (Å²) in [5.41, 5.74) is 3.13. The van der Waals surface area contributed by atoms with Gasteiger partial charge in [0.15, 0.2) is 5.82 Å². The summed E-state index contributed by atoms with van der Waals surface area (Å²) in [6.45, 7) is 3.53. The van der Waals surface area contributed by atoms with E-state index in [1.54, 1.807) is 0 Å². The number of fused-ring (bicyclic) bond motifs is 1. The first kappa shape index (κ1) is 11.7. The molecule has 1 saturated heterocycles. The van der Waals surface area contributed by atoms with Crippen molar-refractivity contribution in [3.05, 3.63) is 35.7 Å². The van der Waals surface area contributed by atoms with Crippen LogP contribution in [0.4, 0.5) is 0 Å². The van der Waals surface area contributed by atoms with Crippen molar-refractivity contribution in [2.75, 3.05) is 13.2 Å². The Bertz CT molecular complexity index is 753. The van der Waals surface area contributed by atoms with Crippen molar-refractivity contribution in [2.45, 2.75) is 19.3 Å². The summed E-state index contributed by atoms with van der Waals surface area (Å²) in [4.78, 5) is 7.89. The fourth-order valence-electron chi connectivity index (χ4n) is 2.74. The summed E-state index contributed by atoms with van der Waals surface area (Å²) in [7, 11) is 0. The van der Waals surface area contributed by atoms with Gasteiger partial charge < -0.3 is 14.2 Å². The summed E-state index contributed by atoms with van der Waals surface area (Å²) in [5.74, 6) is 1.56. The minimum atomic E-state index is 0.261. The van der Waals surface area contributed by atoms with Gasteiger partial charge in [0.1, 0.15) is 5.69 Å². The highest BCUT2D eigenvalue weighted by molar-refractivity contribution is 5.88. The molecule has 2 aromatic heterocycles. The van der Waals surface area contributed by atoms with Gasteiger partial charge in [-0.05, 0) is 25.0 Å². The summed E-state index contributed by atoms with van der Waals surface area (Å²) >= 11 is 0. The van der Waals surface area contributed by atoms with E-state index in [2.05, 4.69) is 28.1 Å². The van der Waals surface area contributed by atoms with Gasteiger partial charge in [-0.1, -0.05) is 23.4 Å². The molecular weight excluding hydrogens is 254 g/mol. The van der Waals surface area contributed by atoms with Gasteiger partial charge in [0.25, 0.3) is 5.89 Å². The quantitative estimate of drug-likeness (QED) is 0.776. The van der Waals surface area contributed by atoms with Crippen molar-refractivity contribution in [2.24, 2.45) is 0 Å². The number of aromatic nitrogens is 3. The summed E-state index contributed by atoms with van der Waals surface area (Å²) in [6.07, 6.45) is 0.963. The van der Waals surface area contributed by atoms with E-state index < -0.39 is 0 Å². The number of hydrogen-bond acceptors (Lipinski definition) is 4. The molecule has 1 N–H and O–H groups in total. The van der Waals surface area contributed by atoms with Crippen molar-refractivity contribution in [1.29, 1.82) is 0 Å². The predicted octanol–water partition coefficient (Wildman–Crippen LogP) is 3.03. The maximum atomic E-state index is 5.43. The predicted molar refractivity (Wildman–Crippen MR) is 74.5 cm³/mol. The van der Waals surface area contributed by atoms with Gasteiger partial charge in [-0.3, -0.25) is 0 Å². The van der Waals surface area contributed by atoms with Crippen LogP contribution in [0.2, 0.25) is 0 Å². The molecular formula is C15H15N3O2. The molecule has 3 aromatic rings. The lowest BCUT2D eigenvalue weighted by Gasteiger charge is -1.97. The van der Waals surface area contributed by atoms with Gasteiger partial charge in [-0.15, -0.1) is 0 Å². The van der Waals surface area contributed by atoms with Crippen LogP contribution < -0.4 is 0 Å². The number of aromatic amines is 1. The van der Waals surface area contributed by atoms with Crippen molar-refractivity contribution in [3.8, 4) is 11.6 Å². The lowest BCUT2D eigenvalue weighted by molar-refractivity contribution is 0.192. The molecule has 5 heteroatoms. The van der Waals surface area contributed by atoms with E-state index in [1.807, 2.05) is 18.2 Å². The minimum Gasteiger partial charge on any atom is -0.381 e. The highest BCUT2D eigenvalue weighted by atomic mass is 16.5. The molecule has 0 amide bonds. The molecule has 1 aliphatic rings. The molecule has 0 spiro atoms. The summed E-state index contributed by atoms with van der Waals surface area (Å²) in [6, 6.07) is 8.18. The Morgan fingerprint density at radius 1 is 1.30 bits per heavy atom. The number of aryl methyl sites for hydroxylation is 1. The van der Waals surface area contributed by atoms with Crippen LogP contribution >= 0.6 is 0 Å². The molecule has 0 unspecified atom stereocenters. The Morgan fingerprint density at radius 3 is 3.00 bits per heavy atom. The number of benzene rings is 1. The fourth-order valence-corrected chi connectivity index (χ4v) is 2.74. The number of H-pyrrole nitrogens is 1. The van der Waals surface area contributed by atoms with Gasteiger partial charge in [-0.2, -0.15) is 4.98 Å². The zero-order valence-corrected chi connectivity index (χ0v) is 11.2. The number of nitrogens with zero attached hydrogens (tertiary/aromatic N) is 2. The maximum Gasteiger partial charge on any atom is 0.274 e. The number of hydrogen-bond donors (Lipinski definition) is 1. The molecule has 20 heavy (non-hydrogen) atoms. The average molecular weight is 269 g/mol. The third-order valence-electron chi connectivity index (χ3n) is 3.92. The van der Waals surface area contributed by atoms with E-state index in [1.165, 1.54) is 5.39 Å². The second kappa shape index (κ2) is 4.45. The van der Waals surface area contributed by atoms with Crippen LogP contribution in [-0.2, 0) is 4.74 Å². The molecule has 3 heterocycles. The highest BCUT2D eigenvalue weighted by Crippen LogP contribution is 2.30. The molecule has 0 bridgehead atoms. The zero-order chi connectivity index (χ0) is 13.5. The second-order valence-electron chi connectivity index (χ2n) is 5.19. The van der Waals surface area contributed by atoms with E-state index >= 15 is 0 Å². The van der Waals surface area contributed by atoms with E-state index in [9.17, 15) is 0 Å². The molecule has 4 rings (SSSR count). The number of nitrogens with one attached hydrogen (secondary N) is 1. The highest BCUT2D eigenvalue weighted by Gasteiger charge is 2.24. The molecule has 1 aromatic carbocycles.